The fourth-order valence-electron chi connectivity index (χ4n) is 5.57. The highest BCUT2D eigenvalue weighted by Crippen LogP contribution is 2.47. The molecular formula is C28H33NO10. The van der Waals surface area contributed by atoms with E-state index in [0.29, 0.717) is 18.4 Å². The summed E-state index contributed by atoms with van der Waals surface area (Å²) in [6.07, 6.45) is -0.403. The number of carbonyl (C=O) groups is 3. The number of carbonyl (C=O) groups excluding carboxylic acids is 3. The zero-order chi connectivity index (χ0) is 28.6. The second-order valence-electron chi connectivity index (χ2n) is 9.93. The van der Waals surface area contributed by atoms with E-state index in [9.17, 15) is 29.7 Å². The van der Waals surface area contributed by atoms with Crippen LogP contribution in [0.4, 0.5) is 0 Å². The van der Waals surface area contributed by atoms with Crippen LogP contribution in [0, 0.1) is 5.92 Å². The Balaban J connectivity index is 0.000000270. The largest absolute Gasteiger partial charge is 0.507 e. The number of phenolic OH excluding ortho intramolecular Hbond substituents is 2. The summed E-state index contributed by atoms with van der Waals surface area (Å²) in [4.78, 5) is 38.1. The van der Waals surface area contributed by atoms with Crippen LogP contribution in [0.15, 0.2) is 18.2 Å². The number of hydrogen-bond donors (Lipinski definition) is 6. The number of aliphatic hydroxyl groups excluding tert-OH is 3. The maximum atomic E-state index is 13.1. The Kier molecular flexibility index (Phi) is 8.38. The minimum Gasteiger partial charge on any atom is -0.507 e. The first-order valence-corrected chi connectivity index (χ1v) is 12.7. The van der Waals surface area contributed by atoms with Gasteiger partial charge in [0.2, 0.25) is 5.78 Å². The Bertz CT molecular complexity index is 1310. The number of aromatic hydroxyl groups is 2. The van der Waals surface area contributed by atoms with Gasteiger partial charge in [0.15, 0.2) is 17.9 Å². The highest BCUT2D eigenvalue weighted by molar-refractivity contribution is 6.31. The molecule has 2 aliphatic carbocycles. The number of rotatable bonds is 4. The fourth-order valence-corrected chi connectivity index (χ4v) is 5.57. The number of methoxy groups -OCH3 is 1. The Morgan fingerprint density at radius 1 is 1.08 bits per heavy atom. The first kappa shape index (κ1) is 28.7. The molecule has 11 nitrogen and oxygen atoms in total. The number of Topliss-reactive ketones (excluding diaryl/α,β-unsaturated/α-hetero) is 1. The number of likely N-dealkylation sites (N-methyl/N-ethyl adjacent to an activating group) is 1. The molecule has 5 atom stereocenters. The number of benzene rings is 2. The number of nitrogens with one attached hydrogen (secondary N) is 1. The quantitative estimate of drug-likeness (QED) is 0.254. The lowest BCUT2D eigenvalue weighted by Gasteiger charge is -2.35. The van der Waals surface area contributed by atoms with Gasteiger partial charge in [0, 0.05) is 35.1 Å². The normalized spacial score (nSPS) is 25.5. The van der Waals surface area contributed by atoms with E-state index in [4.69, 9.17) is 19.7 Å². The molecule has 0 aromatic heterocycles. The van der Waals surface area contributed by atoms with Crippen LogP contribution < -0.4 is 10.1 Å². The molecule has 3 aliphatic rings. The summed E-state index contributed by atoms with van der Waals surface area (Å²) in [6, 6.07) is 4.53. The van der Waals surface area contributed by atoms with Crippen LogP contribution >= 0.6 is 0 Å². The lowest BCUT2D eigenvalue weighted by molar-refractivity contribution is -0.201. The number of phenols is 2. The van der Waals surface area contributed by atoms with E-state index in [0.717, 1.165) is 0 Å². The van der Waals surface area contributed by atoms with Gasteiger partial charge in [-0.2, -0.15) is 0 Å². The SMILES string of the molecule is CNC1CC(O)OC(C)C1O.COc1cccc2c1C(=O)c1c(O)c3c(c(O)c1C2=O)CC(C(=O)CO)CC3. The van der Waals surface area contributed by atoms with Crippen molar-refractivity contribution < 1.29 is 49.4 Å². The molecule has 0 saturated carbocycles. The van der Waals surface area contributed by atoms with Gasteiger partial charge < -0.3 is 40.3 Å². The Hall–Kier alpha value is -3.35. The number of aliphatic hydroxyl groups is 3. The molecule has 0 bridgehead atoms. The molecular weight excluding hydrogens is 510 g/mol. The van der Waals surface area contributed by atoms with Crippen LogP contribution in [0.1, 0.15) is 62.7 Å². The van der Waals surface area contributed by atoms with Gasteiger partial charge in [-0.25, -0.2) is 0 Å². The third-order valence-electron chi connectivity index (χ3n) is 7.73. The predicted octanol–water partition coefficient (Wildman–Crippen LogP) is 0.611. The first-order valence-electron chi connectivity index (χ1n) is 12.7. The summed E-state index contributed by atoms with van der Waals surface area (Å²) in [5, 5.41) is 52.3. The van der Waals surface area contributed by atoms with Crippen molar-refractivity contribution in [3.8, 4) is 17.2 Å². The van der Waals surface area contributed by atoms with Crippen LogP contribution in [0.25, 0.3) is 0 Å². The van der Waals surface area contributed by atoms with E-state index in [1.54, 1.807) is 26.1 Å². The molecule has 11 heteroatoms. The predicted molar refractivity (Wildman–Crippen MR) is 137 cm³/mol. The Morgan fingerprint density at radius 2 is 1.74 bits per heavy atom. The van der Waals surface area contributed by atoms with Crippen LogP contribution in [0.5, 0.6) is 17.2 Å². The van der Waals surface area contributed by atoms with Crippen molar-refractivity contribution in [2.75, 3.05) is 20.8 Å². The molecule has 1 fully saturated rings. The molecule has 210 valence electrons. The summed E-state index contributed by atoms with van der Waals surface area (Å²) in [5.41, 5.74) is 0.301. The monoisotopic (exact) mass is 543 g/mol. The highest BCUT2D eigenvalue weighted by Gasteiger charge is 2.41. The lowest BCUT2D eigenvalue weighted by Crippen LogP contribution is -2.52. The van der Waals surface area contributed by atoms with E-state index >= 15 is 0 Å². The molecule has 39 heavy (non-hydrogen) atoms. The van der Waals surface area contributed by atoms with Gasteiger partial charge in [0.1, 0.15) is 23.9 Å². The van der Waals surface area contributed by atoms with Gasteiger partial charge in [-0.1, -0.05) is 12.1 Å². The third kappa shape index (κ3) is 5.04. The molecule has 1 heterocycles. The van der Waals surface area contributed by atoms with Crippen LogP contribution in [-0.4, -0.2) is 88.2 Å². The average Bonchev–Trinajstić information content (AvgIpc) is 2.94. The van der Waals surface area contributed by atoms with Crippen molar-refractivity contribution in [1.29, 1.82) is 0 Å². The minimum absolute atomic E-state index is 0.0568. The summed E-state index contributed by atoms with van der Waals surface area (Å²) in [6.45, 7) is 1.14. The van der Waals surface area contributed by atoms with Crippen molar-refractivity contribution in [2.45, 2.75) is 57.1 Å². The van der Waals surface area contributed by atoms with Crippen LogP contribution in [0.3, 0.4) is 0 Å². The van der Waals surface area contributed by atoms with Gasteiger partial charge in [-0.15, -0.1) is 0 Å². The van der Waals surface area contributed by atoms with Gasteiger partial charge in [0.05, 0.1) is 36.0 Å². The maximum Gasteiger partial charge on any atom is 0.202 e. The maximum absolute atomic E-state index is 13.1. The second kappa shape index (κ2) is 11.4. The van der Waals surface area contributed by atoms with E-state index in [1.807, 2.05) is 0 Å². The zero-order valence-corrected chi connectivity index (χ0v) is 21.9. The van der Waals surface area contributed by atoms with Crippen molar-refractivity contribution in [2.24, 2.45) is 5.92 Å². The van der Waals surface area contributed by atoms with Crippen molar-refractivity contribution in [1.82, 2.24) is 5.32 Å². The molecule has 0 radical (unpaired) electrons. The van der Waals surface area contributed by atoms with Crippen LogP contribution in [0.2, 0.25) is 0 Å². The first-order chi connectivity index (χ1) is 18.5. The van der Waals surface area contributed by atoms with E-state index < -0.39 is 36.5 Å². The summed E-state index contributed by atoms with van der Waals surface area (Å²) < 4.78 is 10.2. The minimum atomic E-state index is -0.745. The Morgan fingerprint density at radius 3 is 2.38 bits per heavy atom. The van der Waals surface area contributed by atoms with Gasteiger partial charge in [0.25, 0.3) is 0 Å². The zero-order valence-electron chi connectivity index (χ0n) is 21.9. The van der Waals surface area contributed by atoms with Crippen molar-refractivity contribution in [3.63, 3.8) is 0 Å². The smallest absolute Gasteiger partial charge is 0.202 e. The second-order valence-corrected chi connectivity index (χ2v) is 9.93. The third-order valence-corrected chi connectivity index (χ3v) is 7.73. The van der Waals surface area contributed by atoms with Gasteiger partial charge in [-0.3, -0.25) is 14.4 Å². The number of fused-ring (bicyclic) bond motifs is 3. The number of ether oxygens (including phenoxy) is 2. The van der Waals surface area contributed by atoms with Gasteiger partial charge in [-0.05, 0) is 39.3 Å². The summed E-state index contributed by atoms with van der Waals surface area (Å²) >= 11 is 0. The molecule has 5 rings (SSSR count). The molecule has 6 N–H and O–H groups in total. The Labute approximate surface area is 225 Å². The molecule has 1 aliphatic heterocycles. The van der Waals surface area contributed by atoms with E-state index in [2.05, 4.69) is 5.32 Å². The van der Waals surface area contributed by atoms with Crippen LogP contribution in [-0.2, 0) is 22.4 Å². The van der Waals surface area contributed by atoms with E-state index in [1.165, 1.54) is 13.2 Å². The number of hydrogen-bond acceptors (Lipinski definition) is 11. The van der Waals surface area contributed by atoms with Crippen molar-refractivity contribution in [3.05, 3.63) is 51.6 Å². The van der Waals surface area contributed by atoms with Gasteiger partial charge >= 0.3 is 0 Å². The molecule has 1 saturated heterocycles. The fraction of sp³-hybridized carbons (Fsp3) is 0.464. The topological polar surface area (TPSA) is 183 Å². The summed E-state index contributed by atoms with van der Waals surface area (Å²) in [5.74, 6) is -2.56. The standard InChI is InChI=1S/C21H18O7.C7H15NO3/c1-28-14-4-2-3-11-15(14)21(27)17-16(19(11)25)20(26)12-7-9(13(23)8-22)5-6-10(12)18(17)24;1-4-7(10)5(8-2)3-6(9)11-4/h2-4,9,22,24,26H,5-8H2,1H3;4-10H,3H2,1-2H3. The van der Waals surface area contributed by atoms with Crippen molar-refractivity contribution >= 4 is 17.3 Å². The molecule has 2 aromatic carbocycles. The van der Waals surface area contributed by atoms with E-state index in [-0.39, 0.29) is 75.8 Å². The number of ketones is 3. The summed E-state index contributed by atoms with van der Waals surface area (Å²) in [7, 11) is 3.14. The average molecular weight is 544 g/mol. The molecule has 0 amide bonds. The molecule has 2 aromatic rings. The molecule has 0 spiro atoms. The lowest BCUT2D eigenvalue weighted by atomic mass is 9.75. The molecule has 5 unspecified atom stereocenters. The highest BCUT2D eigenvalue weighted by atomic mass is 16.6.